The molecule has 1 heterocycles. The van der Waals surface area contributed by atoms with Crippen molar-refractivity contribution < 1.29 is 4.74 Å². The fraction of sp³-hybridized carbons (Fsp3) is 0.438. The molecule has 2 N–H and O–H groups in total. The summed E-state index contributed by atoms with van der Waals surface area (Å²) in [5.41, 5.74) is 8.31. The van der Waals surface area contributed by atoms with Crippen LogP contribution >= 0.6 is 0 Å². The van der Waals surface area contributed by atoms with E-state index < -0.39 is 0 Å². The lowest BCUT2D eigenvalue weighted by molar-refractivity contribution is 0.229. The van der Waals surface area contributed by atoms with E-state index in [4.69, 9.17) is 10.5 Å². The number of nitrogens with two attached hydrogens (primary N) is 1. The molecule has 5 heteroatoms. The standard InChI is InChI=1S/C16H24N4O/c1-4-20-12-18-10-15(20)14(9-17)19(2)11-13-7-5-6-8-16(13)21-3/h5-8,10,12,14H,4,9,11,17H2,1-3H3. The van der Waals surface area contributed by atoms with Gasteiger partial charge in [0.25, 0.3) is 0 Å². The van der Waals surface area contributed by atoms with Gasteiger partial charge < -0.3 is 15.0 Å². The van der Waals surface area contributed by atoms with Gasteiger partial charge in [0.15, 0.2) is 0 Å². The summed E-state index contributed by atoms with van der Waals surface area (Å²) in [6, 6.07) is 8.21. The maximum absolute atomic E-state index is 6.00. The number of methoxy groups -OCH3 is 1. The van der Waals surface area contributed by atoms with Crippen molar-refractivity contribution in [1.82, 2.24) is 14.5 Å². The first-order valence-corrected chi connectivity index (χ1v) is 7.23. The van der Waals surface area contributed by atoms with Gasteiger partial charge in [-0.2, -0.15) is 0 Å². The summed E-state index contributed by atoms with van der Waals surface area (Å²) in [5, 5.41) is 0. The maximum Gasteiger partial charge on any atom is 0.123 e. The monoisotopic (exact) mass is 288 g/mol. The van der Waals surface area contributed by atoms with Crippen LogP contribution in [0.2, 0.25) is 0 Å². The van der Waals surface area contributed by atoms with Crippen LogP contribution in [0.15, 0.2) is 36.8 Å². The van der Waals surface area contributed by atoms with E-state index in [1.165, 1.54) is 0 Å². The van der Waals surface area contributed by atoms with Gasteiger partial charge in [0.2, 0.25) is 0 Å². The molecule has 5 nitrogen and oxygen atoms in total. The number of aromatic nitrogens is 2. The minimum Gasteiger partial charge on any atom is -0.496 e. The lowest BCUT2D eigenvalue weighted by Crippen LogP contribution is -2.31. The van der Waals surface area contributed by atoms with Gasteiger partial charge in [-0.15, -0.1) is 0 Å². The van der Waals surface area contributed by atoms with E-state index in [1.54, 1.807) is 7.11 Å². The number of imidazole rings is 1. The molecule has 0 saturated carbocycles. The third kappa shape index (κ3) is 3.43. The van der Waals surface area contributed by atoms with Crippen molar-refractivity contribution in [2.75, 3.05) is 20.7 Å². The van der Waals surface area contributed by atoms with Gasteiger partial charge >= 0.3 is 0 Å². The van der Waals surface area contributed by atoms with Crippen molar-refractivity contribution in [3.05, 3.63) is 48.0 Å². The van der Waals surface area contributed by atoms with E-state index >= 15 is 0 Å². The van der Waals surface area contributed by atoms with E-state index in [0.717, 1.165) is 30.1 Å². The topological polar surface area (TPSA) is 56.3 Å². The van der Waals surface area contributed by atoms with Crippen LogP contribution in [0.3, 0.4) is 0 Å². The number of para-hydroxylation sites is 1. The van der Waals surface area contributed by atoms with Crippen molar-refractivity contribution in [3.8, 4) is 5.75 Å². The van der Waals surface area contributed by atoms with Crippen LogP contribution in [0.1, 0.15) is 24.2 Å². The van der Waals surface area contributed by atoms with Crippen molar-refractivity contribution in [1.29, 1.82) is 0 Å². The fourth-order valence-corrected chi connectivity index (χ4v) is 2.61. The highest BCUT2D eigenvalue weighted by Gasteiger charge is 2.20. The fourth-order valence-electron chi connectivity index (χ4n) is 2.61. The Balaban J connectivity index is 2.19. The molecule has 1 aromatic carbocycles. The molecule has 2 aromatic rings. The second-order valence-corrected chi connectivity index (χ2v) is 5.08. The van der Waals surface area contributed by atoms with Gasteiger partial charge in [0.05, 0.1) is 25.2 Å². The zero-order valence-corrected chi connectivity index (χ0v) is 13.0. The number of nitrogens with zero attached hydrogens (tertiary/aromatic N) is 3. The summed E-state index contributed by atoms with van der Waals surface area (Å²) in [6.45, 7) is 4.34. The van der Waals surface area contributed by atoms with Crippen LogP contribution in [-0.2, 0) is 13.1 Å². The molecule has 0 aliphatic heterocycles. The first-order valence-electron chi connectivity index (χ1n) is 7.23. The number of rotatable bonds is 7. The maximum atomic E-state index is 6.00. The Morgan fingerprint density at radius 2 is 2.14 bits per heavy atom. The van der Waals surface area contributed by atoms with Crippen molar-refractivity contribution in [3.63, 3.8) is 0 Å². The smallest absolute Gasteiger partial charge is 0.123 e. The minimum absolute atomic E-state index is 0.136. The molecule has 0 amide bonds. The first-order chi connectivity index (χ1) is 10.2. The summed E-state index contributed by atoms with van der Waals surface area (Å²) in [5.74, 6) is 0.907. The van der Waals surface area contributed by atoms with Crippen molar-refractivity contribution in [2.45, 2.75) is 26.1 Å². The number of hydrogen-bond acceptors (Lipinski definition) is 4. The molecule has 0 saturated heterocycles. The van der Waals surface area contributed by atoms with Crippen LogP contribution in [-0.4, -0.2) is 35.2 Å². The van der Waals surface area contributed by atoms with E-state index in [1.807, 2.05) is 30.7 Å². The van der Waals surface area contributed by atoms with E-state index in [-0.39, 0.29) is 6.04 Å². The molecular formula is C16H24N4O. The SMILES string of the molecule is CCn1cncc1C(CN)N(C)Cc1ccccc1OC. The Hall–Kier alpha value is -1.85. The number of benzene rings is 1. The third-order valence-electron chi connectivity index (χ3n) is 3.79. The second-order valence-electron chi connectivity index (χ2n) is 5.08. The highest BCUT2D eigenvalue weighted by Crippen LogP contribution is 2.24. The average molecular weight is 288 g/mol. The second kappa shape index (κ2) is 7.24. The molecular weight excluding hydrogens is 264 g/mol. The highest BCUT2D eigenvalue weighted by atomic mass is 16.5. The number of aryl methyl sites for hydroxylation is 1. The molecule has 1 unspecified atom stereocenters. The summed E-state index contributed by atoms with van der Waals surface area (Å²) in [7, 11) is 3.78. The largest absolute Gasteiger partial charge is 0.496 e. The predicted molar refractivity (Wildman–Crippen MR) is 84.2 cm³/mol. The van der Waals surface area contributed by atoms with Crippen LogP contribution in [0, 0.1) is 0 Å². The van der Waals surface area contributed by atoms with Gasteiger partial charge in [0, 0.05) is 31.4 Å². The normalized spacial score (nSPS) is 12.6. The van der Waals surface area contributed by atoms with Crippen LogP contribution in [0.5, 0.6) is 5.75 Å². The minimum atomic E-state index is 0.136. The van der Waals surface area contributed by atoms with E-state index in [2.05, 4.69) is 34.5 Å². The Morgan fingerprint density at radius 3 is 2.81 bits per heavy atom. The number of hydrogen-bond donors (Lipinski definition) is 1. The van der Waals surface area contributed by atoms with Crippen molar-refractivity contribution >= 4 is 0 Å². The zero-order valence-electron chi connectivity index (χ0n) is 13.0. The quantitative estimate of drug-likeness (QED) is 0.847. The average Bonchev–Trinajstić information content (AvgIpc) is 2.97. The number of likely N-dealkylation sites (N-methyl/N-ethyl adjacent to an activating group) is 1. The molecule has 0 aliphatic rings. The molecule has 0 spiro atoms. The van der Waals surface area contributed by atoms with Gasteiger partial charge in [0.1, 0.15) is 5.75 Å². The zero-order chi connectivity index (χ0) is 15.2. The Morgan fingerprint density at radius 1 is 1.38 bits per heavy atom. The van der Waals surface area contributed by atoms with Crippen LogP contribution in [0.25, 0.3) is 0 Å². The molecule has 0 bridgehead atoms. The molecule has 0 fully saturated rings. The van der Waals surface area contributed by atoms with Crippen LogP contribution < -0.4 is 10.5 Å². The number of ether oxygens (including phenoxy) is 1. The van der Waals surface area contributed by atoms with Gasteiger partial charge in [-0.1, -0.05) is 18.2 Å². The van der Waals surface area contributed by atoms with Crippen molar-refractivity contribution in [2.24, 2.45) is 5.73 Å². The van der Waals surface area contributed by atoms with Gasteiger partial charge in [-0.3, -0.25) is 4.90 Å². The predicted octanol–water partition coefficient (Wildman–Crippen LogP) is 2.04. The van der Waals surface area contributed by atoms with Gasteiger partial charge in [-0.05, 0) is 20.0 Å². The van der Waals surface area contributed by atoms with Gasteiger partial charge in [-0.25, -0.2) is 4.98 Å². The highest BCUT2D eigenvalue weighted by molar-refractivity contribution is 5.33. The summed E-state index contributed by atoms with van der Waals surface area (Å²) < 4.78 is 7.55. The first kappa shape index (κ1) is 15.5. The molecule has 21 heavy (non-hydrogen) atoms. The summed E-state index contributed by atoms with van der Waals surface area (Å²) in [4.78, 5) is 6.48. The molecule has 1 aromatic heterocycles. The molecule has 2 rings (SSSR count). The Kier molecular flexibility index (Phi) is 5.36. The molecule has 0 aliphatic carbocycles. The lowest BCUT2D eigenvalue weighted by Gasteiger charge is -2.28. The molecule has 1 atom stereocenters. The third-order valence-corrected chi connectivity index (χ3v) is 3.79. The summed E-state index contributed by atoms with van der Waals surface area (Å²) in [6.07, 6.45) is 3.76. The Bertz CT molecular complexity index is 567. The lowest BCUT2D eigenvalue weighted by atomic mass is 10.1. The molecule has 114 valence electrons. The molecule has 0 radical (unpaired) electrons. The Labute approximate surface area is 126 Å². The summed E-state index contributed by atoms with van der Waals surface area (Å²) >= 11 is 0. The van der Waals surface area contributed by atoms with E-state index in [0.29, 0.717) is 6.54 Å². The van der Waals surface area contributed by atoms with Crippen LogP contribution in [0.4, 0.5) is 0 Å². The van der Waals surface area contributed by atoms with E-state index in [9.17, 15) is 0 Å².